The van der Waals surface area contributed by atoms with E-state index in [0.717, 1.165) is 57.8 Å². The van der Waals surface area contributed by atoms with Crippen LogP contribution in [0, 0.1) is 0 Å². The van der Waals surface area contributed by atoms with E-state index in [1.807, 2.05) is 21.1 Å². The number of quaternary nitrogens is 1. The molecule has 0 fully saturated rings. The highest BCUT2D eigenvalue weighted by atomic mass is 31.2. The van der Waals surface area contributed by atoms with Crippen LogP contribution in [0.3, 0.4) is 0 Å². The van der Waals surface area contributed by atoms with Crippen LogP contribution in [0.4, 0.5) is 0 Å². The molecular weight excluding hydrogens is 689 g/mol. The summed E-state index contributed by atoms with van der Waals surface area (Å²) >= 11 is 0. The lowest BCUT2D eigenvalue weighted by molar-refractivity contribution is -0.870. The minimum atomic E-state index is -4.37. The zero-order valence-corrected chi connectivity index (χ0v) is 35.9. The van der Waals surface area contributed by atoms with Crippen LogP contribution in [0.25, 0.3) is 0 Å². The summed E-state index contributed by atoms with van der Waals surface area (Å²) in [5.41, 5.74) is 0. The van der Waals surface area contributed by atoms with Gasteiger partial charge in [0.15, 0.2) is 6.10 Å². The van der Waals surface area contributed by atoms with Gasteiger partial charge in [0.05, 0.1) is 27.7 Å². The summed E-state index contributed by atoms with van der Waals surface area (Å²) in [6.45, 7) is 4.39. The molecule has 2 atom stereocenters. The molecule has 0 aromatic carbocycles. The van der Waals surface area contributed by atoms with Crippen LogP contribution in [0.5, 0.6) is 0 Å². The zero-order chi connectivity index (χ0) is 39.3. The van der Waals surface area contributed by atoms with Crippen molar-refractivity contribution in [1.29, 1.82) is 0 Å². The summed E-state index contributed by atoms with van der Waals surface area (Å²) in [4.78, 5) is 35.3. The van der Waals surface area contributed by atoms with Crippen molar-refractivity contribution >= 4 is 19.8 Å². The van der Waals surface area contributed by atoms with E-state index in [0.29, 0.717) is 17.4 Å². The maximum Gasteiger partial charge on any atom is 0.472 e. The number of carbonyl (C=O) groups is 2. The standard InChI is InChI=1S/C43H82NO8P/c1-6-8-10-12-14-16-18-20-22-24-25-27-29-31-33-35-42(45)49-39-41(40-51-53(47,48)50-38-37-44(3,4)5)52-43(46)36-34-32-30-28-26-23-21-19-17-15-13-11-9-7-2/h14,16,20,22,41H,6-13,15,17-19,21,23-40H2,1-5H3/p+1/b16-14+,22-20+. The Bertz CT molecular complexity index is 964. The maximum atomic E-state index is 12.7. The molecule has 0 aliphatic heterocycles. The highest BCUT2D eigenvalue weighted by Crippen LogP contribution is 2.43. The summed E-state index contributed by atoms with van der Waals surface area (Å²) < 4.78 is 34.3. The highest BCUT2D eigenvalue weighted by Gasteiger charge is 2.27. The van der Waals surface area contributed by atoms with Crippen molar-refractivity contribution in [1.82, 2.24) is 0 Å². The van der Waals surface area contributed by atoms with Crippen LogP contribution in [0.1, 0.15) is 187 Å². The quantitative estimate of drug-likeness (QED) is 0.0216. The number of hydrogen-bond acceptors (Lipinski definition) is 7. The van der Waals surface area contributed by atoms with Gasteiger partial charge in [-0.05, 0) is 44.9 Å². The van der Waals surface area contributed by atoms with E-state index >= 15 is 0 Å². The fourth-order valence-corrected chi connectivity index (χ4v) is 6.55. The number of esters is 2. The molecule has 312 valence electrons. The number of carbonyl (C=O) groups excluding carboxylic acids is 2. The van der Waals surface area contributed by atoms with Crippen LogP contribution in [-0.2, 0) is 32.7 Å². The topological polar surface area (TPSA) is 108 Å². The normalized spacial score (nSPS) is 13.8. The largest absolute Gasteiger partial charge is 0.472 e. The van der Waals surface area contributed by atoms with Gasteiger partial charge in [-0.15, -0.1) is 0 Å². The number of unbranched alkanes of at least 4 members (excludes halogenated alkanes) is 21. The van der Waals surface area contributed by atoms with Gasteiger partial charge in [0.25, 0.3) is 0 Å². The van der Waals surface area contributed by atoms with Crippen LogP contribution in [-0.4, -0.2) is 74.9 Å². The Kier molecular flexibility index (Phi) is 35.1. The van der Waals surface area contributed by atoms with E-state index in [9.17, 15) is 19.0 Å². The predicted octanol–water partition coefficient (Wildman–Crippen LogP) is 12.0. The molecule has 2 unspecified atom stereocenters. The van der Waals surface area contributed by atoms with Gasteiger partial charge in [-0.3, -0.25) is 18.6 Å². The minimum Gasteiger partial charge on any atom is -0.462 e. The fourth-order valence-electron chi connectivity index (χ4n) is 5.81. The number of hydrogen-bond donors (Lipinski definition) is 1. The number of likely N-dealkylation sites (N-methyl/N-ethyl adjacent to an activating group) is 1. The Balaban J connectivity index is 4.38. The third-order valence-electron chi connectivity index (χ3n) is 9.23. The van der Waals surface area contributed by atoms with Crippen molar-refractivity contribution in [2.24, 2.45) is 0 Å². The Morgan fingerprint density at radius 1 is 0.585 bits per heavy atom. The molecule has 53 heavy (non-hydrogen) atoms. The van der Waals surface area contributed by atoms with Gasteiger partial charge in [-0.2, -0.15) is 0 Å². The summed E-state index contributed by atoms with van der Waals surface area (Å²) in [7, 11) is 1.47. The second-order valence-electron chi connectivity index (χ2n) is 15.7. The Hall–Kier alpha value is -1.51. The molecule has 0 aliphatic carbocycles. The predicted molar refractivity (Wildman–Crippen MR) is 220 cm³/mol. The number of allylic oxidation sites excluding steroid dienone is 4. The monoisotopic (exact) mass is 773 g/mol. The van der Waals surface area contributed by atoms with Crippen molar-refractivity contribution in [3.05, 3.63) is 24.3 Å². The molecule has 0 saturated heterocycles. The molecule has 0 spiro atoms. The van der Waals surface area contributed by atoms with E-state index in [4.69, 9.17) is 18.5 Å². The summed E-state index contributed by atoms with van der Waals surface area (Å²) in [5.74, 6) is -0.809. The number of nitrogens with zero attached hydrogens (tertiary/aromatic N) is 1. The molecule has 0 rings (SSSR count). The summed E-state index contributed by atoms with van der Waals surface area (Å²) in [6.07, 6.45) is 37.9. The SMILES string of the molecule is CCCCC/C=C/C/C=C/CCCCCCCC(=O)OCC(COP(=O)(O)OCC[N+](C)(C)C)OC(=O)CCCCCCCCCCCCCCCC. The lowest BCUT2D eigenvalue weighted by atomic mass is 10.0. The molecule has 0 aromatic rings. The van der Waals surface area contributed by atoms with Gasteiger partial charge in [0.1, 0.15) is 19.8 Å². The first-order valence-electron chi connectivity index (χ1n) is 21.6. The summed E-state index contributed by atoms with van der Waals surface area (Å²) in [5, 5.41) is 0. The van der Waals surface area contributed by atoms with E-state index in [-0.39, 0.29) is 32.0 Å². The molecule has 0 aromatic heterocycles. The minimum absolute atomic E-state index is 0.0311. The molecule has 9 nitrogen and oxygen atoms in total. The molecule has 0 saturated carbocycles. The first-order valence-corrected chi connectivity index (χ1v) is 23.1. The van der Waals surface area contributed by atoms with Crippen molar-refractivity contribution in [3.8, 4) is 0 Å². The molecule has 0 amide bonds. The Morgan fingerprint density at radius 3 is 1.53 bits per heavy atom. The van der Waals surface area contributed by atoms with Crippen molar-refractivity contribution in [2.75, 3.05) is 47.5 Å². The molecule has 0 bridgehead atoms. The fraction of sp³-hybridized carbons (Fsp3) is 0.860. The van der Waals surface area contributed by atoms with Gasteiger partial charge in [0.2, 0.25) is 0 Å². The van der Waals surface area contributed by atoms with Gasteiger partial charge in [-0.1, -0.05) is 154 Å². The number of ether oxygens (including phenoxy) is 2. The average molecular weight is 773 g/mol. The first kappa shape index (κ1) is 51.5. The smallest absolute Gasteiger partial charge is 0.462 e. The van der Waals surface area contributed by atoms with E-state index < -0.39 is 26.5 Å². The maximum absolute atomic E-state index is 12.7. The third-order valence-corrected chi connectivity index (χ3v) is 10.2. The number of phosphoric acid groups is 1. The van der Waals surface area contributed by atoms with Gasteiger partial charge < -0.3 is 18.9 Å². The molecule has 10 heteroatoms. The zero-order valence-electron chi connectivity index (χ0n) is 35.0. The molecule has 0 heterocycles. The van der Waals surface area contributed by atoms with Crippen LogP contribution in [0.15, 0.2) is 24.3 Å². The lowest BCUT2D eigenvalue weighted by Crippen LogP contribution is -2.37. The molecule has 0 aliphatic rings. The van der Waals surface area contributed by atoms with Crippen molar-refractivity contribution in [3.63, 3.8) is 0 Å². The molecule has 0 radical (unpaired) electrons. The Morgan fingerprint density at radius 2 is 1.02 bits per heavy atom. The third kappa shape index (κ3) is 40.0. The van der Waals surface area contributed by atoms with E-state index in [2.05, 4.69) is 38.2 Å². The number of phosphoric ester groups is 1. The van der Waals surface area contributed by atoms with Crippen LogP contribution in [0.2, 0.25) is 0 Å². The number of rotatable bonds is 39. The van der Waals surface area contributed by atoms with Crippen LogP contribution < -0.4 is 0 Å². The van der Waals surface area contributed by atoms with Crippen LogP contribution >= 0.6 is 7.82 Å². The first-order chi connectivity index (χ1) is 25.5. The van der Waals surface area contributed by atoms with E-state index in [1.165, 1.54) is 96.3 Å². The van der Waals surface area contributed by atoms with Crippen molar-refractivity contribution in [2.45, 2.75) is 193 Å². The molecule has 1 N–H and O–H groups in total. The van der Waals surface area contributed by atoms with Gasteiger partial charge in [-0.25, -0.2) is 4.57 Å². The molecular formula is C43H83NO8P+. The van der Waals surface area contributed by atoms with E-state index in [1.54, 1.807) is 0 Å². The summed E-state index contributed by atoms with van der Waals surface area (Å²) in [6, 6.07) is 0. The van der Waals surface area contributed by atoms with Gasteiger partial charge >= 0.3 is 19.8 Å². The average Bonchev–Trinajstić information content (AvgIpc) is 3.10. The van der Waals surface area contributed by atoms with Gasteiger partial charge in [0, 0.05) is 12.8 Å². The van der Waals surface area contributed by atoms with Crippen molar-refractivity contribution < 1.29 is 42.1 Å². The second-order valence-corrected chi connectivity index (χ2v) is 17.2. The second kappa shape index (κ2) is 36.1. The highest BCUT2D eigenvalue weighted by molar-refractivity contribution is 7.47. The lowest BCUT2D eigenvalue weighted by Gasteiger charge is -2.24. The Labute approximate surface area is 326 Å².